The van der Waals surface area contributed by atoms with E-state index in [0.717, 1.165) is 6.42 Å². The van der Waals surface area contributed by atoms with E-state index in [1.165, 1.54) is 7.11 Å². The summed E-state index contributed by atoms with van der Waals surface area (Å²) in [4.78, 5) is 10.8. The second-order valence-corrected chi connectivity index (χ2v) is 3.14. The van der Waals surface area contributed by atoms with Gasteiger partial charge in [-0.25, -0.2) is 0 Å². The van der Waals surface area contributed by atoms with Crippen LogP contribution in [0.5, 0.6) is 0 Å². The second kappa shape index (κ2) is 3.56. The van der Waals surface area contributed by atoms with E-state index in [4.69, 9.17) is 0 Å². The molecule has 1 rings (SSSR count). The van der Waals surface area contributed by atoms with Crippen LogP contribution >= 0.6 is 0 Å². The Kier molecular flexibility index (Phi) is 2.69. The van der Waals surface area contributed by atoms with Gasteiger partial charge in [-0.3, -0.25) is 4.79 Å². The lowest BCUT2D eigenvalue weighted by Gasteiger charge is -2.06. The summed E-state index contributed by atoms with van der Waals surface area (Å²) in [7, 11) is 1.43. The highest BCUT2D eigenvalue weighted by molar-refractivity contribution is 5.69. The molecule has 0 saturated heterocycles. The normalized spacial score (nSPS) is 28.9. The lowest BCUT2D eigenvalue weighted by Crippen LogP contribution is -2.06. The van der Waals surface area contributed by atoms with Crippen LogP contribution in [0.3, 0.4) is 0 Å². The fraction of sp³-hybridized carbons (Fsp3) is 0.667. The zero-order valence-corrected chi connectivity index (χ0v) is 7.04. The smallest absolute Gasteiger partial charge is 0.306 e. The van der Waals surface area contributed by atoms with Crippen LogP contribution < -0.4 is 0 Å². The first-order chi connectivity index (χ1) is 5.22. The van der Waals surface area contributed by atoms with Gasteiger partial charge in [0.25, 0.3) is 0 Å². The number of allylic oxidation sites excluding steroid dienone is 2. The molecular formula is C9H14O2. The van der Waals surface area contributed by atoms with Crippen LogP contribution in [0, 0.1) is 11.8 Å². The maximum Gasteiger partial charge on any atom is 0.306 e. The molecule has 0 aliphatic heterocycles. The van der Waals surface area contributed by atoms with Crippen molar-refractivity contribution < 1.29 is 9.53 Å². The van der Waals surface area contributed by atoms with Gasteiger partial charge in [0.1, 0.15) is 0 Å². The van der Waals surface area contributed by atoms with Crippen LogP contribution in [0.25, 0.3) is 0 Å². The molecule has 0 fully saturated rings. The van der Waals surface area contributed by atoms with Gasteiger partial charge in [-0.2, -0.15) is 0 Å². The van der Waals surface area contributed by atoms with Gasteiger partial charge in [-0.05, 0) is 18.3 Å². The Hall–Kier alpha value is -0.790. The third-order valence-electron chi connectivity index (χ3n) is 2.04. The third kappa shape index (κ3) is 2.37. The van der Waals surface area contributed by atoms with E-state index < -0.39 is 0 Å². The van der Waals surface area contributed by atoms with Crippen LogP contribution in [0.4, 0.5) is 0 Å². The fourth-order valence-corrected chi connectivity index (χ4v) is 1.43. The Bertz CT molecular complexity index is 172. The molecule has 0 heterocycles. The summed E-state index contributed by atoms with van der Waals surface area (Å²) in [6.07, 6.45) is 5.90. The highest BCUT2D eigenvalue weighted by Crippen LogP contribution is 2.25. The van der Waals surface area contributed by atoms with Crippen LogP contribution in [0.1, 0.15) is 19.8 Å². The number of carbonyl (C=O) groups is 1. The average Bonchev–Trinajstić information content (AvgIpc) is 2.35. The molecule has 0 N–H and O–H groups in total. The molecule has 0 aromatic heterocycles. The number of hydrogen-bond donors (Lipinski definition) is 0. The molecule has 1 unspecified atom stereocenters. The highest BCUT2D eigenvalue weighted by atomic mass is 16.5. The number of carbonyl (C=O) groups excluding carboxylic acids is 1. The Morgan fingerprint density at radius 2 is 2.36 bits per heavy atom. The summed E-state index contributed by atoms with van der Waals surface area (Å²) in [5, 5.41) is 0. The van der Waals surface area contributed by atoms with Crippen molar-refractivity contribution in [3.8, 4) is 0 Å². The van der Waals surface area contributed by atoms with E-state index in [9.17, 15) is 4.79 Å². The molecule has 62 valence electrons. The molecule has 0 saturated carbocycles. The largest absolute Gasteiger partial charge is 0.469 e. The molecule has 0 aromatic rings. The number of ether oxygens (including phenoxy) is 1. The summed E-state index contributed by atoms with van der Waals surface area (Å²) >= 11 is 0. The van der Waals surface area contributed by atoms with Gasteiger partial charge in [-0.15, -0.1) is 0 Å². The van der Waals surface area contributed by atoms with Crippen molar-refractivity contribution >= 4 is 5.97 Å². The van der Waals surface area contributed by atoms with Crippen LogP contribution in [0.2, 0.25) is 0 Å². The second-order valence-electron chi connectivity index (χ2n) is 3.14. The minimum absolute atomic E-state index is 0.103. The summed E-state index contributed by atoms with van der Waals surface area (Å²) < 4.78 is 4.57. The summed E-state index contributed by atoms with van der Waals surface area (Å²) in [6.45, 7) is 2.16. The first-order valence-electron chi connectivity index (χ1n) is 3.97. The molecule has 2 atom stereocenters. The number of methoxy groups -OCH3 is 1. The maximum atomic E-state index is 10.8. The van der Waals surface area contributed by atoms with E-state index in [0.29, 0.717) is 18.3 Å². The van der Waals surface area contributed by atoms with Crippen LogP contribution in [0.15, 0.2) is 12.2 Å². The lowest BCUT2D eigenvalue weighted by molar-refractivity contribution is -0.141. The first kappa shape index (κ1) is 8.31. The summed E-state index contributed by atoms with van der Waals surface area (Å²) in [5.74, 6) is 0.941. The van der Waals surface area contributed by atoms with Crippen molar-refractivity contribution in [2.24, 2.45) is 11.8 Å². The van der Waals surface area contributed by atoms with Gasteiger partial charge >= 0.3 is 5.97 Å². The minimum Gasteiger partial charge on any atom is -0.469 e. The number of esters is 1. The van der Waals surface area contributed by atoms with E-state index in [1.54, 1.807) is 0 Å². The van der Waals surface area contributed by atoms with Gasteiger partial charge in [-0.1, -0.05) is 19.1 Å². The van der Waals surface area contributed by atoms with Gasteiger partial charge in [0.2, 0.25) is 0 Å². The summed E-state index contributed by atoms with van der Waals surface area (Å²) in [5.41, 5.74) is 0. The molecule has 2 nitrogen and oxygen atoms in total. The molecular weight excluding hydrogens is 140 g/mol. The minimum atomic E-state index is -0.103. The summed E-state index contributed by atoms with van der Waals surface area (Å²) in [6, 6.07) is 0. The molecule has 0 spiro atoms. The van der Waals surface area contributed by atoms with Crippen molar-refractivity contribution in [2.45, 2.75) is 19.8 Å². The molecule has 0 radical (unpaired) electrons. The van der Waals surface area contributed by atoms with Crippen molar-refractivity contribution in [1.82, 2.24) is 0 Å². The molecule has 0 aromatic carbocycles. The van der Waals surface area contributed by atoms with E-state index >= 15 is 0 Å². The van der Waals surface area contributed by atoms with Crippen LogP contribution in [-0.2, 0) is 9.53 Å². The zero-order valence-electron chi connectivity index (χ0n) is 7.04. The predicted octanol–water partition coefficient (Wildman–Crippen LogP) is 1.76. The quantitative estimate of drug-likeness (QED) is 0.447. The third-order valence-corrected chi connectivity index (χ3v) is 2.04. The van der Waals surface area contributed by atoms with Crippen molar-refractivity contribution in [3.05, 3.63) is 12.2 Å². The van der Waals surface area contributed by atoms with E-state index in [-0.39, 0.29) is 5.97 Å². The Morgan fingerprint density at radius 1 is 1.64 bits per heavy atom. The maximum absolute atomic E-state index is 10.8. The molecule has 1 aliphatic carbocycles. The molecule has 0 bridgehead atoms. The van der Waals surface area contributed by atoms with Gasteiger partial charge < -0.3 is 4.74 Å². The van der Waals surface area contributed by atoms with Gasteiger partial charge in [0.15, 0.2) is 0 Å². The zero-order chi connectivity index (χ0) is 8.27. The van der Waals surface area contributed by atoms with E-state index in [1.807, 2.05) is 0 Å². The number of rotatable bonds is 2. The lowest BCUT2D eigenvalue weighted by atomic mass is 10.0. The molecule has 2 heteroatoms. The molecule has 0 amide bonds. The Morgan fingerprint density at radius 3 is 2.82 bits per heavy atom. The number of hydrogen-bond acceptors (Lipinski definition) is 2. The van der Waals surface area contributed by atoms with E-state index in [2.05, 4.69) is 23.8 Å². The van der Waals surface area contributed by atoms with Crippen molar-refractivity contribution in [1.29, 1.82) is 0 Å². The SMILES string of the molecule is COC(=O)C[C@H]1C=CC(C)C1. The van der Waals surface area contributed by atoms with Gasteiger partial charge in [0.05, 0.1) is 13.5 Å². The van der Waals surface area contributed by atoms with Crippen molar-refractivity contribution in [2.75, 3.05) is 7.11 Å². The fourth-order valence-electron chi connectivity index (χ4n) is 1.43. The molecule has 1 aliphatic rings. The average molecular weight is 154 g/mol. The van der Waals surface area contributed by atoms with Gasteiger partial charge in [0, 0.05) is 0 Å². The highest BCUT2D eigenvalue weighted by Gasteiger charge is 2.18. The standard InChI is InChI=1S/C9H14O2/c1-7-3-4-8(5-7)6-9(10)11-2/h3-4,7-8H,5-6H2,1-2H3/t7?,8-/m0/s1. The topological polar surface area (TPSA) is 26.3 Å². The molecule has 11 heavy (non-hydrogen) atoms. The Labute approximate surface area is 67.2 Å². The predicted molar refractivity (Wildman–Crippen MR) is 43.0 cm³/mol. The Balaban J connectivity index is 2.29. The monoisotopic (exact) mass is 154 g/mol. The van der Waals surface area contributed by atoms with Crippen molar-refractivity contribution in [3.63, 3.8) is 0 Å². The van der Waals surface area contributed by atoms with Crippen LogP contribution in [-0.4, -0.2) is 13.1 Å². The first-order valence-corrected chi connectivity index (χ1v) is 3.97.